The van der Waals surface area contributed by atoms with Gasteiger partial charge in [-0.15, -0.1) is 0 Å². The quantitative estimate of drug-likeness (QED) is 0.927. The van der Waals surface area contributed by atoms with Crippen molar-refractivity contribution in [3.05, 3.63) is 35.9 Å². The standard InChI is InChI=1S/C17H25N3O2/c1-19-10-11-22-15(13-19)12-18-17(21)20-9-5-8-16(20)14-6-3-2-4-7-14/h2-4,6-7,15-16H,5,8-13H2,1H3,(H,18,21)/t15-,16-/m0/s1. The van der Waals surface area contributed by atoms with Gasteiger partial charge in [0, 0.05) is 26.2 Å². The molecule has 1 aromatic carbocycles. The molecule has 0 saturated carbocycles. The number of likely N-dealkylation sites (tertiary alicyclic amines) is 1. The van der Waals surface area contributed by atoms with Crippen LogP contribution in [0.4, 0.5) is 4.79 Å². The summed E-state index contributed by atoms with van der Waals surface area (Å²) in [5, 5.41) is 3.05. The van der Waals surface area contributed by atoms with Crippen LogP contribution in [-0.4, -0.2) is 61.8 Å². The zero-order valence-electron chi connectivity index (χ0n) is 13.2. The van der Waals surface area contributed by atoms with E-state index in [4.69, 9.17) is 4.74 Å². The van der Waals surface area contributed by atoms with Crippen molar-refractivity contribution in [3.8, 4) is 0 Å². The number of hydrogen-bond donors (Lipinski definition) is 1. The highest BCUT2D eigenvalue weighted by molar-refractivity contribution is 5.75. The van der Waals surface area contributed by atoms with E-state index in [0.717, 1.165) is 39.1 Å². The fourth-order valence-corrected chi connectivity index (χ4v) is 3.32. The minimum atomic E-state index is 0.0307. The number of nitrogens with one attached hydrogen (secondary N) is 1. The molecule has 22 heavy (non-hydrogen) atoms. The van der Waals surface area contributed by atoms with Crippen LogP contribution in [0.1, 0.15) is 24.4 Å². The van der Waals surface area contributed by atoms with Crippen LogP contribution in [0, 0.1) is 0 Å². The largest absolute Gasteiger partial charge is 0.374 e. The molecule has 0 aromatic heterocycles. The van der Waals surface area contributed by atoms with Crippen molar-refractivity contribution in [1.82, 2.24) is 15.1 Å². The lowest BCUT2D eigenvalue weighted by Crippen LogP contribution is -2.48. The highest BCUT2D eigenvalue weighted by atomic mass is 16.5. The summed E-state index contributed by atoms with van der Waals surface area (Å²) in [4.78, 5) is 16.7. The Morgan fingerprint density at radius 2 is 2.14 bits per heavy atom. The van der Waals surface area contributed by atoms with E-state index in [1.807, 2.05) is 23.1 Å². The lowest BCUT2D eigenvalue weighted by atomic mass is 10.1. The monoisotopic (exact) mass is 303 g/mol. The second-order valence-corrected chi connectivity index (χ2v) is 6.20. The average Bonchev–Trinajstić information content (AvgIpc) is 3.03. The molecule has 2 aliphatic heterocycles. The molecule has 0 radical (unpaired) electrons. The highest BCUT2D eigenvalue weighted by Crippen LogP contribution is 2.31. The highest BCUT2D eigenvalue weighted by Gasteiger charge is 2.30. The Morgan fingerprint density at radius 3 is 2.91 bits per heavy atom. The molecule has 1 aromatic rings. The van der Waals surface area contributed by atoms with Gasteiger partial charge in [0.05, 0.1) is 18.8 Å². The number of benzene rings is 1. The van der Waals surface area contributed by atoms with Crippen molar-refractivity contribution in [3.63, 3.8) is 0 Å². The second kappa shape index (κ2) is 7.11. The van der Waals surface area contributed by atoms with Crippen LogP contribution >= 0.6 is 0 Å². The van der Waals surface area contributed by atoms with E-state index in [9.17, 15) is 4.79 Å². The van der Waals surface area contributed by atoms with E-state index in [1.54, 1.807) is 0 Å². The summed E-state index contributed by atoms with van der Waals surface area (Å²) in [5.74, 6) is 0. The van der Waals surface area contributed by atoms with Crippen molar-refractivity contribution in [2.24, 2.45) is 0 Å². The first kappa shape index (κ1) is 15.3. The van der Waals surface area contributed by atoms with Crippen LogP contribution in [-0.2, 0) is 4.74 Å². The molecule has 2 saturated heterocycles. The molecule has 2 atom stereocenters. The molecule has 3 rings (SSSR count). The number of likely N-dealkylation sites (N-methyl/N-ethyl adjacent to an activating group) is 1. The van der Waals surface area contributed by atoms with E-state index in [2.05, 4.69) is 29.4 Å². The first-order chi connectivity index (χ1) is 10.7. The SMILES string of the molecule is CN1CCO[C@@H](CNC(=O)N2CCC[C@H]2c2ccccc2)C1. The summed E-state index contributed by atoms with van der Waals surface area (Å²) >= 11 is 0. The van der Waals surface area contributed by atoms with E-state index in [-0.39, 0.29) is 18.2 Å². The molecule has 1 N–H and O–H groups in total. The molecule has 5 heteroatoms. The van der Waals surface area contributed by atoms with Gasteiger partial charge in [0.2, 0.25) is 0 Å². The first-order valence-corrected chi connectivity index (χ1v) is 8.13. The predicted octanol–water partition coefficient (Wildman–Crippen LogP) is 1.86. The molecular formula is C17H25N3O2. The number of carbonyl (C=O) groups is 1. The van der Waals surface area contributed by atoms with Gasteiger partial charge < -0.3 is 19.9 Å². The van der Waals surface area contributed by atoms with Gasteiger partial charge in [0.1, 0.15) is 0 Å². The van der Waals surface area contributed by atoms with Gasteiger partial charge in [-0.25, -0.2) is 4.79 Å². The molecule has 0 aliphatic carbocycles. The Bertz CT molecular complexity index is 494. The molecule has 2 amide bonds. The fraction of sp³-hybridized carbons (Fsp3) is 0.588. The molecule has 0 spiro atoms. The molecule has 0 bridgehead atoms. The van der Waals surface area contributed by atoms with E-state index >= 15 is 0 Å². The van der Waals surface area contributed by atoms with Crippen molar-refractivity contribution in [1.29, 1.82) is 0 Å². The summed E-state index contributed by atoms with van der Waals surface area (Å²) in [6.07, 6.45) is 2.20. The topological polar surface area (TPSA) is 44.8 Å². The molecule has 120 valence electrons. The van der Waals surface area contributed by atoms with Crippen LogP contribution in [0.5, 0.6) is 0 Å². The van der Waals surface area contributed by atoms with Crippen molar-refractivity contribution in [2.45, 2.75) is 25.0 Å². The molecular weight excluding hydrogens is 278 g/mol. The van der Waals surface area contributed by atoms with Crippen LogP contribution in [0.3, 0.4) is 0 Å². The third-order valence-corrected chi connectivity index (χ3v) is 4.52. The zero-order chi connectivity index (χ0) is 15.4. The normalized spacial score (nSPS) is 26.1. The van der Waals surface area contributed by atoms with Gasteiger partial charge in [-0.05, 0) is 25.5 Å². The number of amides is 2. The molecule has 2 heterocycles. The molecule has 2 aliphatic rings. The van der Waals surface area contributed by atoms with Gasteiger partial charge in [0.15, 0.2) is 0 Å². The number of hydrogen-bond acceptors (Lipinski definition) is 3. The first-order valence-electron chi connectivity index (χ1n) is 8.13. The Balaban J connectivity index is 1.55. The van der Waals surface area contributed by atoms with Gasteiger partial charge in [0.25, 0.3) is 0 Å². The molecule has 0 unspecified atom stereocenters. The second-order valence-electron chi connectivity index (χ2n) is 6.20. The number of ether oxygens (including phenoxy) is 1. The smallest absolute Gasteiger partial charge is 0.318 e. The lowest BCUT2D eigenvalue weighted by molar-refractivity contribution is -0.0172. The maximum atomic E-state index is 12.5. The fourth-order valence-electron chi connectivity index (χ4n) is 3.32. The summed E-state index contributed by atoms with van der Waals surface area (Å²) in [5.41, 5.74) is 1.23. The zero-order valence-corrected chi connectivity index (χ0v) is 13.2. The van der Waals surface area contributed by atoms with Gasteiger partial charge >= 0.3 is 6.03 Å². The summed E-state index contributed by atoms with van der Waals surface area (Å²) < 4.78 is 5.70. The van der Waals surface area contributed by atoms with Crippen LogP contribution in [0.2, 0.25) is 0 Å². The molecule has 5 nitrogen and oxygen atoms in total. The number of rotatable bonds is 3. The minimum Gasteiger partial charge on any atom is -0.374 e. The third kappa shape index (κ3) is 3.59. The number of urea groups is 1. The Hall–Kier alpha value is -1.59. The Morgan fingerprint density at radius 1 is 1.32 bits per heavy atom. The maximum Gasteiger partial charge on any atom is 0.318 e. The summed E-state index contributed by atoms with van der Waals surface area (Å²) in [6.45, 7) is 4.00. The van der Waals surface area contributed by atoms with Gasteiger partial charge in [-0.1, -0.05) is 30.3 Å². The van der Waals surface area contributed by atoms with Crippen molar-refractivity contribution >= 4 is 6.03 Å². The van der Waals surface area contributed by atoms with Gasteiger partial charge in [-0.2, -0.15) is 0 Å². The minimum absolute atomic E-state index is 0.0307. The Kier molecular flexibility index (Phi) is 4.95. The summed E-state index contributed by atoms with van der Waals surface area (Å²) in [7, 11) is 2.09. The number of nitrogens with zero attached hydrogens (tertiary/aromatic N) is 2. The molecule has 2 fully saturated rings. The summed E-state index contributed by atoms with van der Waals surface area (Å²) in [6, 6.07) is 10.5. The lowest BCUT2D eigenvalue weighted by Gasteiger charge is -2.31. The number of morpholine rings is 1. The van der Waals surface area contributed by atoms with Gasteiger partial charge in [-0.3, -0.25) is 0 Å². The maximum absolute atomic E-state index is 12.5. The van der Waals surface area contributed by atoms with Crippen LogP contribution < -0.4 is 5.32 Å². The van der Waals surface area contributed by atoms with Crippen LogP contribution in [0.15, 0.2) is 30.3 Å². The third-order valence-electron chi connectivity index (χ3n) is 4.52. The van der Waals surface area contributed by atoms with Crippen LogP contribution in [0.25, 0.3) is 0 Å². The van der Waals surface area contributed by atoms with E-state index < -0.39 is 0 Å². The van der Waals surface area contributed by atoms with Crippen molar-refractivity contribution in [2.75, 3.05) is 39.8 Å². The van der Waals surface area contributed by atoms with E-state index in [0.29, 0.717) is 6.54 Å². The number of carbonyl (C=O) groups excluding carboxylic acids is 1. The van der Waals surface area contributed by atoms with Crippen molar-refractivity contribution < 1.29 is 9.53 Å². The average molecular weight is 303 g/mol. The predicted molar refractivity (Wildman–Crippen MR) is 85.8 cm³/mol. The van der Waals surface area contributed by atoms with E-state index in [1.165, 1.54) is 5.56 Å². The Labute approximate surface area is 132 Å².